The maximum absolute atomic E-state index is 13.2. The summed E-state index contributed by atoms with van der Waals surface area (Å²) in [5.41, 5.74) is 0.808. The molecule has 0 fully saturated rings. The summed E-state index contributed by atoms with van der Waals surface area (Å²) in [5.74, 6) is -2.32. The number of carbonyl (C=O) groups is 2. The molecule has 6 heteroatoms. The molecule has 0 saturated heterocycles. The van der Waals surface area contributed by atoms with Crippen molar-refractivity contribution in [2.24, 2.45) is 11.8 Å². The molecule has 1 unspecified atom stereocenters. The summed E-state index contributed by atoms with van der Waals surface area (Å²) in [6.07, 6.45) is 0.412. The number of rotatable bonds is 6. The molecule has 2 N–H and O–H groups in total. The fourth-order valence-electron chi connectivity index (χ4n) is 1.92. The van der Waals surface area contributed by atoms with Gasteiger partial charge in [-0.3, -0.25) is 4.79 Å². The molecule has 4 nitrogen and oxygen atoms in total. The Bertz CT molecular complexity index is 534. The number of carbonyl (C=O) groups excluding carboxylic acids is 1. The zero-order valence-electron chi connectivity index (χ0n) is 12.2. The average molecular weight is 360 g/mol. The highest BCUT2D eigenvalue weighted by atomic mass is 79.9. The van der Waals surface area contributed by atoms with Crippen molar-refractivity contribution in [2.75, 3.05) is 0 Å². The lowest BCUT2D eigenvalue weighted by Gasteiger charge is -2.20. The van der Waals surface area contributed by atoms with Gasteiger partial charge in [0.1, 0.15) is 11.9 Å². The Balaban J connectivity index is 2.69. The van der Waals surface area contributed by atoms with Crippen LogP contribution in [-0.4, -0.2) is 23.0 Å². The van der Waals surface area contributed by atoms with Crippen molar-refractivity contribution in [3.8, 4) is 0 Å². The third-order valence-corrected chi connectivity index (χ3v) is 3.81. The molecule has 0 aliphatic heterocycles. The molecular formula is C15H19BrFNO3. The molecule has 21 heavy (non-hydrogen) atoms. The molecule has 1 aromatic carbocycles. The second-order valence-corrected chi connectivity index (χ2v) is 6.28. The number of benzene rings is 1. The first-order valence-electron chi connectivity index (χ1n) is 6.69. The van der Waals surface area contributed by atoms with E-state index in [0.29, 0.717) is 10.9 Å². The fraction of sp³-hybridized carbons (Fsp3) is 0.467. The molecule has 0 saturated carbocycles. The largest absolute Gasteiger partial charge is 0.480 e. The molecule has 1 amide bonds. The van der Waals surface area contributed by atoms with E-state index < -0.39 is 17.9 Å². The number of amides is 1. The zero-order chi connectivity index (χ0) is 16.2. The van der Waals surface area contributed by atoms with E-state index >= 15 is 0 Å². The molecule has 1 aromatic rings. The Morgan fingerprint density at radius 1 is 1.33 bits per heavy atom. The van der Waals surface area contributed by atoms with Crippen LogP contribution in [0.5, 0.6) is 0 Å². The van der Waals surface area contributed by atoms with E-state index in [2.05, 4.69) is 21.2 Å². The highest BCUT2D eigenvalue weighted by Crippen LogP contribution is 2.19. The van der Waals surface area contributed by atoms with Crippen LogP contribution in [-0.2, 0) is 16.0 Å². The minimum absolute atomic E-state index is 0.196. The zero-order valence-corrected chi connectivity index (χ0v) is 13.8. The maximum atomic E-state index is 13.2. The smallest absolute Gasteiger partial charge is 0.326 e. The van der Waals surface area contributed by atoms with Crippen LogP contribution in [0.4, 0.5) is 4.39 Å². The van der Waals surface area contributed by atoms with Gasteiger partial charge >= 0.3 is 5.97 Å². The van der Waals surface area contributed by atoms with Crippen molar-refractivity contribution in [3.05, 3.63) is 34.1 Å². The van der Waals surface area contributed by atoms with Gasteiger partial charge in [0.15, 0.2) is 0 Å². The van der Waals surface area contributed by atoms with E-state index in [1.165, 1.54) is 6.07 Å². The van der Waals surface area contributed by atoms with Crippen LogP contribution in [0.3, 0.4) is 0 Å². The lowest BCUT2D eigenvalue weighted by atomic mass is 9.98. The summed E-state index contributed by atoms with van der Waals surface area (Å²) in [6.45, 7) is 5.19. The summed E-state index contributed by atoms with van der Waals surface area (Å²) in [6, 6.07) is 3.66. The number of nitrogens with one attached hydrogen (secondary N) is 1. The van der Waals surface area contributed by atoms with Gasteiger partial charge in [-0.1, -0.05) is 26.8 Å². The monoisotopic (exact) mass is 359 g/mol. The third-order valence-electron chi connectivity index (χ3n) is 3.20. The van der Waals surface area contributed by atoms with Crippen LogP contribution < -0.4 is 5.32 Å². The summed E-state index contributed by atoms with van der Waals surface area (Å²) in [7, 11) is 0. The van der Waals surface area contributed by atoms with E-state index in [1.807, 2.05) is 0 Å². The van der Waals surface area contributed by atoms with Gasteiger partial charge < -0.3 is 10.4 Å². The Kier molecular flexibility index (Phi) is 6.33. The van der Waals surface area contributed by atoms with Gasteiger partial charge in [0, 0.05) is 5.92 Å². The van der Waals surface area contributed by atoms with Gasteiger partial charge in [-0.15, -0.1) is 0 Å². The second-order valence-electron chi connectivity index (χ2n) is 5.42. The lowest BCUT2D eigenvalue weighted by molar-refractivity contribution is -0.143. The van der Waals surface area contributed by atoms with Gasteiger partial charge in [0.05, 0.1) is 4.47 Å². The van der Waals surface area contributed by atoms with Gasteiger partial charge in [-0.2, -0.15) is 0 Å². The topological polar surface area (TPSA) is 66.4 Å². The first-order valence-corrected chi connectivity index (χ1v) is 7.48. The lowest BCUT2D eigenvalue weighted by Crippen LogP contribution is -2.46. The van der Waals surface area contributed by atoms with Crippen molar-refractivity contribution in [2.45, 2.75) is 33.2 Å². The maximum Gasteiger partial charge on any atom is 0.326 e. The summed E-state index contributed by atoms with van der Waals surface area (Å²) >= 11 is 3.10. The van der Waals surface area contributed by atoms with Crippen LogP contribution in [0.15, 0.2) is 22.7 Å². The van der Waals surface area contributed by atoms with E-state index in [9.17, 15) is 14.0 Å². The predicted molar refractivity (Wildman–Crippen MR) is 81.4 cm³/mol. The van der Waals surface area contributed by atoms with Crippen molar-refractivity contribution < 1.29 is 19.1 Å². The molecule has 0 bridgehead atoms. The average Bonchev–Trinajstić information content (AvgIpc) is 2.39. The molecule has 2 atom stereocenters. The first-order chi connectivity index (χ1) is 9.72. The Hall–Kier alpha value is -1.43. The number of carboxylic acids is 1. The second kappa shape index (κ2) is 7.54. The molecule has 1 rings (SSSR count). The van der Waals surface area contributed by atoms with Crippen LogP contribution >= 0.6 is 15.9 Å². The van der Waals surface area contributed by atoms with Crippen LogP contribution in [0, 0.1) is 17.7 Å². The minimum Gasteiger partial charge on any atom is -0.480 e. The Morgan fingerprint density at radius 3 is 2.43 bits per heavy atom. The molecule has 0 aliphatic carbocycles. The quantitative estimate of drug-likeness (QED) is 0.820. The normalized spacial score (nSPS) is 13.8. The Labute approximate surface area is 131 Å². The summed E-state index contributed by atoms with van der Waals surface area (Å²) in [5, 5.41) is 11.6. The first kappa shape index (κ1) is 17.6. The third kappa shape index (κ3) is 5.12. The van der Waals surface area contributed by atoms with Gasteiger partial charge in [-0.05, 0) is 46.0 Å². The van der Waals surface area contributed by atoms with Crippen molar-refractivity contribution in [1.29, 1.82) is 0 Å². The number of halogens is 2. The van der Waals surface area contributed by atoms with Crippen LogP contribution in [0.1, 0.15) is 26.3 Å². The van der Waals surface area contributed by atoms with E-state index in [0.717, 1.165) is 5.56 Å². The number of hydrogen-bond acceptors (Lipinski definition) is 2. The number of aliphatic carboxylic acids is 1. The summed E-state index contributed by atoms with van der Waals surface area (Å²) < 4.78 is 13.5. The fourth-order valence-corrected chi connectivity index (χ4v) is 2.35. The van der Waals surface area contributed by atoms with Crippen LogP contribution in [0.25, 0.3) is 0 Å². The van der Waals surface area contributed by atoms with E-state index in [4.69, 9.17) is 5.11 Å². The number of hydrogen-bond donors (Lipinski definition) is 2. The van der Waals surface area contributed by atoms with Crippen molar-refractivity contribution in [1.82, 2.24) is 5.32 Å². The summed E-state index contributed by atoms with van der Waals surface area (Å²) in [4.78, 5) is 23.1. The number of carboxylic acid groups (broad SMARTS) is 1. The Morgan fingerprint density at radius 2 is 1.95 bits per heavy atom. The SMILES string of the molecule is CC(Cc1ccc(F)c(Br)c1)C(=O)N[C@@H](C(=O)O)C(C)C. The molecular weight excluding hydrogens is 341 g/mol. The molecule has 0 aromatic heterocycles. The predicted octanol–water partition coefficient (Wildman–Crippen LogP) is 2.99. The van der Waals surface area contributed by atoms with Gasteiger partial charge in [0.25, 0.3) is 0 Å². The van der Waals surface area contributed by atoms with Crippen molar-refractivity contribution in [3.63, 3.8) is 0 Å². The molecule has 0 heterocycles. The highest BCUT2D eigenvalue weighted by molar-refractivity contribution is 9.10. The molecule has 0 spiro atoms. The standard InChI is InChI=1S/C15H19BrFNO3/c1-8(2)13(15(20)21)18-14(19)9(3)6-10-4-5-12(17)11(16)7-10/h4-5,7-9,13H,6H2,1-3H3,(H,18,19)(H,20,21)/t9?,13-/m1/s1. The molecule has 0 aliphatic rings. The van der Waals surface area contributed by atoms with E-state index in [-0.39, 0.29) is 17.6 Å². The van der Waals surface area contributed by atoms with E-state index in [1.54, 1.807) is 32.9 Å². The van der Waals surface area contributed by atoms with Crippen LogP contribution in [0.2, 0.25) is 0 Å². The highest BCUT2D eigenvalue weighted by Gasteiger charge is 2.25. The van der Waals surface area contributed by atoms with Gasteiger partial charge in [-0.25, -0.2) is 9.18 Å². The van der Waals surface area contributed by atoms with Gasteiger partial charge in [0.2, 0.25) is 5.91 Å². The molecule has 116 valence electrons. The molecule has 0 radical (unpaired) electrons. The van der Waals surface area contributed by atoms with Crippen molar-refractivity contribution >= 4 is 27.8 Å². The minimum atomic E-state index is -1.05.